The summed E-state index contributed by atoms with van der Waals surface area (Å²) in [6, 6.07) is 14.1. The minimum Gasteiger partial charge on any atom is -0.462 e. The number of amides is 1. The predicted octanol–water partition coefficient (Wildman–Crippen LogP) is 3.94. The summed E-state index contributed by atoms with van der Waals surface area (Å²) in [6.07, 6.45) is 2.74. The summed E-state index contributed by atoms with van der Waals surface area (Å²) >= 11 is 1.42. The highest BCUT2D eigenvalue weighted by Gasteiger charge is 2.38. The fraction of sp³-hybridized carbons (Fsp3) is 0.222. The van der Waals surface area contributed by atoms with Gasteiger partial charge < -0.3 is 9.73 Å². The van der Waals surface area contributed by atoms with Crippen molar-refractivity contribution in [2.45, 2.75) is 12.3 Å². The van der Waals surface area contributed by atoms with E-state index in [9.17, 15) is 4.79 Å². The van der Waals surface area contributed by atoms with Gasteiger partial charge in [0.1, 0.15) is 5.69 Å². The van der Waals surface area contributed by atoms with Gasteiger partial charge in [-0.3, -0.25) is 4.79 Å². The summed E-state index contributed by atoms with van der Waals surface area (Å²) in [5, 5.41) is 5.50. The fourth-order valence-electron chi connectivity index (χ4n) is 2.79. The first-order valence-corrected chi connectivity index (χ1v) is 8.52. The predicted molar refractivity (Wildman–Crippen MR) is 89.4 cm³/mol. The molecule has 0 bridgehead atoms. The van der Waals surface area contributed by atoms with E-state index in [1.54, 1.807) is 11.6 Å². The van der Waals surface area contributed by atoms with Gasteiger partial charge in [-0.25, -0.2) is 4.98 Å². The quantitative estimate of drug-likeness (QED) is 0.773. The van der Waals surface area contributed by atoms with Crippen molar-refractivity contribution in [2.24, 2.45) is 5.92 Å². The van der Waals surface area contributed by atoms with Crippen molar-refractivity contribution in [3.8, 4) is 10.8 Å². The number of thiazole rings is 1. The van der Waals surface area contributed by atoms with Crippen LogP contribution in [0.25, 0.3) is 10.8 Å². The van der Waals surface area contributed by atoms with Gasteiger partial charge in [0.2, 0.25) is 0 Å². The van der Waals surface area contributed by atoms with Crippen LogP contribution in [-0.4, -0.2) is 17.4 Å². The van der Waals surface area contributed by atoms with Crippen LogP contribution in [0.1, 0.15) is 28.4 Å². The van der Waals surface area contributed by atoms with Crippen LogP contribution in [0.5, 0.6) is 0 Å². The largest absolute Gasteiger partial charge is 0.462 e. The van der Waals surface area contributed by atoms with Crippen molar-refractivity contribution in [1.82, 2.24) is 10.3 Å². The molecule has 1 fully saturated rings. The Bertz CT molecular complexity index is 796. The molecular weight excluding hydrogens is 308 g/mol. The molecule has 4 rings (SSSR count). The molecule has 23 heavy (non-hydrogen) atoms. The highest BCUT2D eigenvalue weighted by molar-refractivity contribution is 7.13. The van der Waals surface area contributed by atoms with E-state index >= 15 is 0 Å². The molecule has 0 spiro atoms. The van der Waals surface area contributed by atoms with Crippen molar-refractivity contribution in [1.29, 1.82) is 0 Å². The molecule has 2 heterocycles. The first-order chi connectivity index (χ1) is 11.3. The first-order valence-electron chi connectivity index (χ1n) is 7.64. The van der Waals surface area contributed by atoms with E-state index in [4.69, 9.17) is 4.42 Å². The lowest BCUT2D eigenvalue weighted by molar-refractivity contribution is 0.0947. The Kier molecular flexibility index (Phi) is 3.71. The van der Waals surface area contributed by atoms with Crippen LogP contribution < -0.4 is 5.32 Å². The van der Waals surface area contributed by atoms with Crippen molar-refractivity contribution >= 4 is 17.2 Å². The standard InChI is InChI=1S/C18H16N2O2S/c21-17(15-11-23-18(20-15)16-7-4-8-22-16)19-10-13-9-14(13)12-5-2-1-3-6-12/h1-8,11,13-14H,9-10H2,(H,19,21). The molecule has 0 radical (unpaired) electrons. The van der Waals surface area contributed by atoms with E-state index in [2.05, 4.69) is 34.6 Å². The molecule has 1 aliphatic carbocycles. The number of carbonyl (C=O) groups is 1. The molecule has 1 amide bonds. The zero-order valence-corrected chi connectivity index (χ0v) is 13.3. The van der Waals surface area contributed by atoms with Gasteiger partial charge in [0, 0.05) is 11.9 Å². The Balaban J connectivity index is 1.33. The van der Waals surface area contributed by atoms with E-state index in [-0.39, 0.29) is 5.91 Å². The smallest absolute Gasteiger partial charge is 0.270 e. The maximum atomic E-state index is 12.2. The topological polar surface area (TPSA) is 55.1 Å². The van der Waals surface area contributed by atoms with Crippen molar-refractivity contribution in [2.75, 3.05) is 6.54 Å². The van der Waals surface area contributed by atoms with Gasteiger partial charge in [0.05, 0.1) is 6.26 Å². The van der Waals surface area contributed by atoms with Crippen LogP contribution in [0.2, 0.25) is 0 Å². The average Bonchev–Trinajstić information content (AvgIpc) is 2.99. The number of furan rings is 1. The molecule has 1 aliphatic rings. The number of nitrogens with zero attached hydrogens (tertiary/aromatic N) is 1. The molecule has 116 valence electrons. The minimum atomic E-state index is -0.113. The highest BCUT2D eigenvalue weighted by Crippen LogP contribution is 2.46. The lowest BCUT2D eigenvalue weighted by atomic mass is 10.1. The third-order valence-electron chi connectivity index (χ3n) is 4.14. The van der Waals surface area contributed by atoms with Gasteiger partial charge >= 0.3 is 0 Å². The van der Waals surface area contributed by atoms with Crippen LogP contribution in [0.15, 0.2) is 58.5 Å². The molecule has 1 aromatic carbocycles. The van der Waals surface area contributed by atoms with E-state index < -0.39 is 0 Å². The second kappa shape index (κ2) is 6.01. The lowest BCUT2D eigenvalue weighted by Crippen LogP contribution is -2.26. The molecule has 0 saturated heterocycles. The van der Waals surface area contributed by atoms with Gasteiger partial charge in [-0.1, -0.05) is 30.3 Å². The van der Waals surface area contributed by atoms with Crippen molar-refractivity contribution < 1.29 is 9.21 Å². The maximum Gasteiger partial charge on any atom is 0.270 e. The van der Waals surface area contributed by atoms with Gasteiger partial charge in [-0.2, -0.15) is 0 Å². The van der Waals surface area contributed by atoms with Crippen LogP contribution in [0.4, 0.5) is 0 Å². The molecule has 0 aliphatic heterocycles. The third kappa shape index (κ3) is 3.05. The summed E-state index contributed by atoms with van der Waals surface area (Å²) < 4.78 is 5.30. The van der Waals surface area contributed by atoms with Gasteiger partial charge in [-0.05, 0) is 36.0 Å². The fourth-order valence-corrected chi connectivity index (χ4v) is 3.55. The summed E-state index contributed by atoms with van der Waals surface area (Å²) in [5.41, 5.74) is 1.82. The molecule has 5 heteroatoms. The van der Waals surface area contributed by atoms with Gasteiger partial charge in [0.15, 0.2) is 10.8 Å². The van der Waals surface area contributed by atoms with Gasteiger partial charge in [0.25, 0.3) is 5.91 Å². The third-order valence-corrected chi connectivity index (χ3v) is 5.00. The Hall–Kier alpha value is -2.40. The zero-order valence-electron chi connectivity index (χ0n) is 12.4. The highest BCUT2D eigenvalue weighted by atomic mass is 32.1. The molecule has 1 N–H and O–H groups in total. The number of rotatable bonds is 5. The maximum absolute atomic E-state index is 12.2. The first kappa shape index (κ1) is 14.2. The van der Waals surface area contributed by atoms with Crippen LogP contribution in [0.3, 0.4) is 0 Å². The number of aromatic nitrogens is 1. The number of hydrogen-bond acceptors (Lipinski definition) is 4. The Morgan fingerprint density at radius 3 is 2.91 bits per heavy atom. The normalized spacial score (nSPS) is 19.5. The second-order valence-corrected chi connectivity index (χ2v) is 6.60. The minimum absolute atomic E-state index is 0.113. The van der Waals surface area contributed by atoms with E-state index in [1.807, 2.05) is 18.2 Å². The number of carbonyl (C=O) groups excluding carboxylic acids is 1. The number of benzene rings is 1. The van der Waals surface area contributed by atoms with Crippen molar-refractivity contribution in [3.63, 3.8) is 0 Å². The van der Waals surface area contributed by atoms with Crippen LogP contribution >= 0.6 is 11.3 Å². The summed E-state index contributed by atoms with van der Waals surface area (Å²) in [7, 11) is 0. The lowest BCUT2D eigenvalue weighted by Gasteiger charge is -2.03. The van der Waals surface area contributed by atoms with Crippen molar-refractivity contribution in [3.05, 3.63) is 65.4 Å². The number of hydrogen-bond donors (Lipinski definition) is 1. The Labute approximate surface area is 138 Å². The summed E-state index contributed by atoms with van der Waals surface area (Å²) in [4.78, 5) is 16.5. The Morgan fingerprint density at radius 1 is 1.26 bits per heavy atom. The summed E-state index contributed by atoms with van der Waals surface area (Å²) in [5.74, 6) is 1.69. The Morgan fingerprint density at radius 2 is 2.13 bits per heavy atom. The van der Waals surface area contributed by atoms with E-state index in [0.29, 0.717) is 29.8 Å². The summed E-state index contributed by atoms with van der Waals surface area (Å²) in [6.45, 7) is 0.700. The molecular formula is C18H16N2O2S. The van der Waals surface area contributed by atoms with Crippen LogP contribution in [-0.2, 0) is 0 Å². The zero-order chi connectivity index (χ0) is 15.6. The molecule has 4 nitrogen and oxygen atoms in total. The van der Waals surface area contributed by atoms with E-state index in [0.717, 1.165) is 11.4 Å². The molecule has 2 unspecified atom stereocenters. The van der Waals surface area contributed by atoms with E-state index in [1.165, 1.54) is 16.9 Å². The van der Waals surface area contributed by atoms with Crippen LogP contribution in [0, 0.1) is 5.92 Å². The molecule has 3 aromatic rings. The SMILES string of the molecule is O=C(NCC1CC1c1ccccc1)c1csc(-c2ccco2)n1. The molecule has 2 aromatic heterocycles. The molecule has 2 atom stereocenters. The van der Waals surface area contributed by atoms with Gasteiger partial charge in [-0.15, -0.1) is 11.3 Å². The average molecular weight is 324 g/mol. The molecule has 1 saturated carbocycles. The second-order valence-electron chi connectivity index (χ2n) is 5.74. The monoisotopic (exact) mass is 324 g/mol. The number of nitrogens with one attached hydrogen (secondary N) is 1.